The van der Waals surface area contributed by atoms with Crippen molar-refractivity contribution in [2.24, 2.45) is 0 Å². The second-order valence-corrected chi connectivity index (χ2v) is 22.7. The quantitative estimate of drug-likeness (QED) is 0.0836. The number of carbonyl (C=O) groups excluding carboxylic acids is 1. The van der Waals surface area contributed by atoms with Gasteiger partial charge in [-0.3, -0.25) is 0 Å². The summed E-state index contributed by atoms with van der Waals surface area (Å²) in [4.78, 5) is 13.1. The summed E-state index contributed by atoms with van der Waals surface area (Å²) in [6.45, 7) is 12.0. The minimum atomic E-state index is -2.68. The molecule has 1 rings (SSSR count). The van der Waals surface area contributed by atoms with Crippen LogP contribution in [0.15, 0.2) is 33.4 Å². The van der Waals surface area contributed by atoms with Gasteiger partial charge < -0.3 is 0 Å². The monoisotopic (exact) mass is 563 g/mol. The Kier molecular flexibility index (Phi) is 15.2. The van der Waals surface area contributed by atoms with Crippen molar-refractivity contribution in [2.45, 2.75) is 99.3 Å². The molecule has 0 aliphatic heterocycles. The van der Waals surface area contributed by atoms with Crippen LogP contribution in [0.2, 0.25) is 13.3 Å². The average molecular weight is 562 g/mol. The summed E-state index contributed by atoms with van der Waals surface area (Å²) in [6.07, 6.45) is 8.98. The van der Waals surface area contributed by atoms with E-state index in [1.807, 2.05) is 19.1 Å². The van der Waals surface area contributed by atoms with Gasteiger partial charge in [-0.25, -0.2) is 0 Å². The van der Waals surface area contributed by atoms with Gasteiger partial charge in [0.15, 0.2) is 0 Å². The average Bonchev–Trinajstić information content (AvgIpc) is 2.84. The molecule has 0 atom stereocenters. The van der Waals surface area contributed by atoms with Crippen LogP contribution in [0.3, 0.4) is 0 Å². The van der Waals surface area contributed by atoms with Gasteiger partial charge in [0.1, 0.15) is 0 Å². The van der Waals surface area contributed by atoms with Gasteiger partial charge in [0.25, 0.3) is 0 Å². The molecule has 0 saturated carbocycles. The van der Waals surface area contributed by atoms with Gasteiger partial charge in [0.2, 0.25) is 0 Å². The molecule has 0 aliphatic rings. The van der Waals surface area contributed by atoms with Gasteiger partial charge in [-0.15, -0.1) is 0 Å². The molecule has 0 aromatic heterocycles. The fraction of sp³-hybridized carbons (Fsp3) is 0.643. The Morgan fingerprint density at radius 2 is 1.45 bits per heavy atom. The van der Waals surface area contributed by atoms with Gasteiger partial charge in [0.05, 0.1) is 0 Å². The van der Waals surface area contributed by atoms with Gasteiger partial charge in [-0.2, -0.15) is 0 Å². The zero-order chi connectivity index (χ0) is 24.5. The third kappa shape index (κ3) is 10.1. The number of allylic oxidation sites excluding steroid dienone is 1. The van der Waals surface area contributed by atoms with Crippen LogP contribution in [0.1, 0.15) is 91.5 Å². The molecule has 0 amide bonds. The first kappa shape index (κ1) is 29.6. The van der Waals surface area contributed by atoms with E-state index in [4.69, 9.17) is 14.7 Å². The van der Waals surface area contributed by atoms with E-state index in [1.54, 1.807) is 12.1 Å². The van der Waals surface area contributed by atoms with Crippen LogP contribution in [0.4, 0.5) is 0 Å². The summed E-state index contributed by atoms with van der Waals surface area (Å²) in [6, 6.07) is 9.31. The third-order valence-electron chi connectivity index (χ3n) is 6.62. The van der Waals surface area contributed by atoms with Crippen LogP contribution in [-0.4, -0.2) is 37.6 Å². The van der Waals surface area contributed by atoms with Crippen molar-refractivity contribution in [3.63, 3.8) is 0 Å². The molecule has 0 aliphatic carbocycles. The van der Waals surface area contributed by atoms with Crippen molar-refractivity contribution in [3.05, 3.63) is 39.0 Å². The summed E-state index contributed by atoms with van der Waals surface area (Å²) in [7, 11) is 0. The first-order chi connectivity index (χ1) is 16.0. The maximum absolute atomic E-state index is 13.1. The molecule has 1 aromatic carbocycles. The van der Waals surface area contributed by atoms with Crippen molar-refractivity contribution in [3.8, 4) is 11.8 Å². The van der Waals surface area contributed by atoms with Gasteiger partial charge in [-0.1, -0.05) is 0 Å². The first-order valence-electron chi connectivity index (χ1n) is 13.0. The number of unbranched alkanes of at least 4 members (excludes halogenated alkanes) is 3. The second kappa shape index (κ2) is 17.0. The summed E-state index contributed by atoms with van der Waals surface area (Å²) in [5.41, 5.74) is 1.57. The normalized spacial score (nSPS) is 12.1. The molecule has 0 saturated heterocycles. The summed E-state index contributed by atoms with van der Waals surface area (Å²) >= 11 is -2.68. The molecule has 0 bridgehead atoms. The Bertz CT molecular complexity index is 743. The molecule has 0 radical (unpaired) electrons. The van der Waals surface area contributed by atoms with E-state index < -0.39 is 18.4 Å². The predicted octanol–water partition coefficient (Wildman–Crippen LogP) is 7.99. The number of nitrogens with zero attached hydrogens (tertiary/aromatic N) is 1. The standard InChI is InChI=1S/C16H18NO3.3C4H9.Sn/c1-3-14(16(18)19-4-2)6-5-11-20-15-9-7-13(12-17)8-10-15;3*1-3-4-2;/h7-10H,4-6,11H2,1-2H3;3*1,3-4H2,2H3;. The zero-order valence-electron chi connectivity index (χ0n) is 21.7. The predicted molar refractivity (Wildman–Crippen MR) is 140 cm³/mol. The summed E-state index contributed by atoms with van der Waals surface area (Å²) in [5, 5.41) is 8.94. The molecule has 0 unspecified atom stereocenters. The Balaban J connectivity index is 3.09. The van der Waals surface area contributed by atoms with E-state index >= 15 is 0 Å². The van der Waals surface area contributed by atoms with E-state index in [-0.39, 0.29) is 5.97 Å². The van der Waals surface area contributed by atoms with E-state index in [2.05, 4.69) is 33.8 Å². The van der Waals surface area contributed by atoms with Crippen LogP contribution >= 0.6 is 0 Å². The molecule has 5 heteroatoms. The van der Waals surface area contributed by atoms with E-state index in [0.29, 0.717) is 25.2 Å². The Morgan fingerprint density at radius 3 is 1.91 bits per heavy atom. The number of ether oxygens (including phenoxy) is 2. The maximum atomic E-state index is 13.1. The molecule has 0 heterocycles. The zero-order valence-corrected chi connectivity index (χ0v) is 24.5. The van der Waals surface area contributed by atoms with Crippen LogP contribution in [0, 0.1) is 11.3 Å². The SMILES string of the molecule is CCC[CH2][Sn]([CH2]CCC)([CH2]CCC)/[C](C)=C(/CCCOc1ccc(C#N)cc1)C(=O)OCC. The van der Waals surface area contributed by atoms with Crippen LogP contribution in [-0.2, 0) is 9.53 Å². The second-order valence-electron chi connectivity index (χ2n) is 9.00. The first-order valence-corrected chi connectivity index (χ1v) is 20.5. The number of carbonyl (C=O) groups is 1. The Hall–Kier alpha value is -1.48. The number of nitriles is 1. The number of benzene rings is 1. The van der Waals surface area contributed by atoms with E-state index in [9.17, 15) is 4.79 Å². The molecule has 1 aromatic rings. The number of hydrogen-bond donors (Lipinski definition) is 0. The third-order valence-corrected chi connectivity index (χ3v) is 23.2. The van der Waals surface area contributed by atoms with E-state index in [1.165, 1.54) is 55.4 Å². The molecular formula is C28H45NO3Sn. The molecular weight excluding hydrogens is 517 g/mol. The minimum absolute atomic E-state index is 0.112. The van der Waals surface area contributed by atoms with E-state index in [0.717, 1.165) is 17.7 Å². The molecule has 0 spiro atoms. The molecule has 184 valence electrons. The van der Waals surface area contributed by atoms with Crippen molar-refractivity contribution >= 4 is 24.3 Å². The molecule has 33 heavy (non-hydrogen) atoms. The van der Waals surface area contributed by atoms with Crippen molar-refractivity contribution in [1.82, 2.24) is 0 Å². The Morgan fingerprint density at radius 1 is 0.909 bits per heavy atom. The number of esters is 1. The summed E-state index contributed by atoms with van der Waals surface area (Å²) < 4.78 is 16.9. The molecule has 0 N–H and O–H groups in total. The molecule has 4 nitrogen and oxygen atoms in total. The Labute approximate surface area is 206 Å². The summed E-state index contributed by atoms with van der Waals surface area (Å²) in [5.74, 6) is 0.647. The van der Waals surface area contributed by atoms with Crippen LogP contribution < -0.4 is 4.74 Å². The van der Waals surface area contributed by atoms with Crippen molar-refractivity contribution in [2.75, 3.05) is 13.2 Å². The van der Waals surface area contributed by atoms with Crippen molar-refractivity contribution < 1.29 is 14.3 Å². The number of hydrogen-bond acceptors (Lipinski definition) is 4. The molecule has 0 fully saturated rings. The van der Waals surface area contributed by atoms with Crippen molar-refractivity contribution in [1.29, 1.82) is 5.26 Å². The van der Waals surface area contributed by atoms with Crippen LogP contribution in [0.5, 0.6) is 5.75 Å². The van der Waals surface area contributed by atoms with Gasteiger partial charge in [0, 0.05) is 0 Å². The number of rotatable bonds is 17. The topological polar surface area (TPSA) is 59.3 Å². The van der Waals surface area contributed by atoms with Gasteiger partial charge in [-0.05, 0) is 0 Å². The van der Waals surface area contributed by atoms with Gasteiger partial charge >= 0.3 is 207 Å². The van der Waals surface area contributed by atoms with Crippen LogP contribution in [0.25, 0.3) is 0 Å². The fourth-order valence-electron chi connectivity index (χ4n) is 4.53. The fourth-order valence-corrected chi connectivity index (χ4v) is 21.2.